The number of nitrogens with one attached hydrogen (secondary N) is 1. The third kappa shape index (κ3) is 8.75. The van der Waals surface area contributed by atoms with Crippen LogP contribution in [0.5, 0.6) is 0 Å². The van der Waals surface area contributed by atoms with Gasteiger partial charge in [-0.2, -0.15) is 0 Å². The Kier molecular flexibility index (Phi) is 10.7. The number of esters is 4. The number of fused-ring (bicyclic) bond motifs is 1. The molecule has 42 heavy (non-hydrogen) atoms. The molecule has 5 atom stereocenters. The van der Waals surface area contributed by atoms with Crippen LogP contribution in [-0.2, 0) is 47.6 Å². The van der Waals surface area contributed by atoms with E-state index >= 15 is 0 Å². The highest BCUT2D eigenvalue weighted by atomic mass is 32.2. The van der Waals surface area contributed by atoms with Crippen molar-refractivity contribution in [1.82, 2.24) is 24.8 Å². The maximum atomic E-state index is 12.3. The van der Waals surface area contributed by atoms with Crippen LogP contribution >= 0.6 is 11.8 Å². The first-order chi connectivity index (χ1) is 19.7. The van der Waals surface area contributed by atoms with Crippen molar-refractivity contribution < 1.29 is 52.4 Å². The lowest BCUT2D eigenvalue weighted by Crippen LogP contribution is -2.42. The zero-order valence-electron chi connectivity index (χ0n) is 24.1. The van der Waals surface area contributed by atoms with Crippen LogP contribution in [0, 0.1) is 0 Å². The molecule has 1 aliphatic heterocycles. The number of aromatic nitrogens is 4. The van der Waals surface area contributed by atoms with Gasteiger partial charge in [-0.15, -0.1) is 0 Å². The molecule has 1 N–H and O–H groups in total. The van der Waals surface area contributed by atoms with Gasteiger partial charge in [0.2, 0.25) is 0 Å². The fourth-order valence-electron chi connectivity index (χ4n) is 3.85. The molecule has 16 nitrogen and oxygen atoms in total. The number of hydrogen-bond acceptors (Lipinski definition) is 15. The SMILES string of the molecule is CC(=O)OC[C@H]1O[C@@H](n2cnc3c(SCOC(=O)[C@H](C)NC(=O)OC(C)(C)C)ncnc32)[C@H](OC(C)=O)[C@@H]1OC(C)=O. The molecule has 3 rings (SSSR count). The van der Waals surface area contributed by atoms with E-state index in [1.165, 1.54) is 44.9 Å². The second kappa shape index (κ2) is 13.8. The number of ether oxygens (including phenoxy) is 6. The molecule has 17 heteroatoms. The van der Waals surface area contributed by atoms with E-state index in [2.05, 4.69) is 20.3 Å². The van der Waals surface area contributed by atoms with E-state index < -0.39 is 66.2 Å². The first-order valence-corrected chi connectivity index (χ1v) is 13.7. The Morgan fingerprint density at radius 2 is 1.67 bits per heavy atom. The first-order valence-electron chi connectivity index (χ1n) is 12.8. The molecular formula is C25H33N5O11S. The van der Waals surface area contributed by atoms with Crippen molar-refractivity contribution in [3.63, 3.8) is 0 Å². The van der Waals surface area contributed by atoms with Crippen molar-refractivity contribution in [3.05, 3.63) is 12.7 Å². The van der Waals surface area contributed by atoms with Crippen LogP contribution in [0.2, 0.25) is 0 Å². The molecule has 0 aliphatic carbocycles. The van der Waals surface area contributed by atoms with Crippen LogP contribution in [-0.4, -0.2) is 92.0 Å². The standard InChI is InChI=1S/C25H33N5O11S/c1-12(29-24(35)41-25(5,6)7)23(34)37-11-42-21-17-20(26-9-27-21)30(10-28-17)22-19(39-15(4)33)18(38-14(3)32)16(40-22)8-36-13(2)31/h9-10,12,16,18-19,22H,8,11H2,1-7H3,(H,29,35)/t12-,16+,18+,19+,22+/m0/s1. The molecular weight excluding hydrogens is 578 g/mol. The molecule has 3 heterocycles. The molecule has 2 aromatic heterocycles. The molecule has 230 valence electrons. The summed E-state index contributed by atoms with van der Waals surface area (Å²) >= 11 is 1.05. The van der Waals surface area contributed by atoms with Gasteiger partial charge in [0, 0.05) is 20.8 Å². The molecule has 1 fully saturated rings. The fraction of sp³-hybridized carbons (Fsp3) is 0.600. The van der Waals surface area contributed by atoms with Crippen molar-refractivity contribution in [2.24, 2.45) is 0 Å². The van der Waals surface area contributed by atoms with Crippen molar-refractivity contribution in [2.75, 3.05) is 12.5 Å². The number of amides is 1. The normalized spacial score (nSPS) is 20.8. The van der Waals surface area contributed by atoms with Crippen molar-refractivity contribution in [2.45, 2.75) is 89.7 Å². The smallest absolute Gasteiger partial charge is 0.408 e. The van der Waals surface area contributed by atoms with Crippen molar-refractivity contribution in [1.29, 1.82) is 0 Å². The van der Waals surface area contributed by atoms with Gasteiger partial charge in [-0.25, -0.2) is 24.5 Å². The molecule has 0 saturated carbocycles. The molecule has 1 saturated heterocycles. The molecule has 0 radical (unpaired) electrons. The predicted molar refractivity (Wildman–Crippen MR) is 143 cm³/mol. The largest absolute Gasteiger partial charge is 0.463 e. The van der Waals surface area contributed by atoms with Crippen LogP contribution in [0.4, 0.5) is 4.79 Å². The number of carbonyl (C=O) groups excluding carboxylic acids is 5. The Labute approximate surface area is 245 Å². The fourth-order valence-corrected chi connectivity index (χ4v) is 4.54. The number of carbonyl (C=O) groups is 5. The summed E-state index contributed by atoms with van der Waals surface area (Å²) < 4.78 is 33.8. The molecule has 0 aromatic carbocycles. The van der Waals surface area contributed by atoms with Gasteiger partial charge < -0.3 is 33.7 Å². The molecule has 2 aromatic rings. The number of alkyl carbamates (subject to hydrolysis) is 1. The zero-order chi connectivity index (χ0) is 31.2. The summed E-state index contributed by atoms with van der Waals surface area (Å²) in [5.74, 6) is -2.75. The van der Waals surface area contributed by atoms with Crippen LogP contribution in [0.15, 0.2) is 17.7 Å². The minimum Gasteiger partial charge on any atom is -0.463 e. The van der Waals surface area contributed by atoms with E-state index in [1.807, 2.05) is 0 Å². The van der Waals surface area contributed by atoms with Crippen LogP contribution in [0.25, 0.3) is 11.2 Å². The molecule has 0 unspecified atom stereocenters. The Hall–Kier alpha value is -3.99. The van der Waals surface area contributed by atoms with E-state index in [-0.39, 0.29) is 18.2 Å². The summed E-state index contributed by atoms with van der Waals surface area (Å²) in [6.07, 6.45) is -2.37. The zero-order valence-corrected chi connectivity index (χ0v) is 25.0. The van der Waals surface area contributed by atoms with Gasteiger partial charge in [0.25, 0.3) is 0 Å². The van der Waals surface area contributed by atoms with Crippen LogP contribution in [0.1, 0.15) is 54.7 Å². The summed E-state index contributed by atoms with van der Waals surface area (Å²) in [7, 11) is 0. The average Bonchev–Trinajstić information content (AvgIpc) is 3.42. The van der Waals surface area contributed by atoms with Gasteiger partial charge in [0.15, 0.2) is 24.1 Å². The third-order valence-electron chi connectivity index (χ3n) is 5.42. The Bertz CT molecular complexity index is 1330. The monoisotopic (exact) mass is 611 g/mol. The minimum absolute atomic E-state index is 0.160. The summed E-state index contributed by atoms with van der Waals surface area (Å²) in [5.41, 5.74) is -0.135. The van der Waals surface area contributed by atoms with E-state index in [9.17, 15) is 24.0 Å². The number of imidazole rings is 1. The molecule has 1 amide bonds. The molecule has 0 spiro atoms. The first kappa shape index (κ1) is 32.5. The van der Waals surface area contributed by atoms with Crippen molar-refractivity contribution in [3.8, 4) is 0 Å². The number of rotatable bonds is 10. The second-order valence-corrected chi connectivity index (χ2v) is 11.0. The third-order valence-corrected chi connectivity index (χ3v) is 6.23. The highest BCUT2D eigenvalue weighted by Gasteiger charge is 2.51. The van der Waals surface area contributed by atoms with Gasteiger partial charge in [-0.3, -0.25) is 19.0 Å². The van der Waals surface area contributed by atoms with Crippen LogP contribution < -0.4 is 5.32 Å². The Morgan fingerprint density at radius 1 is 1.00 bits per heavy atom. The van der Waals surface area contributed by atoms with Gasteiger partial charge >= 0.3 is 30.0 Å². The lowest BCUT2D eigenvalue weighted by molar-refractivity contribution is -0.166. The maximum Gasteiger partial charge on any atom is 0.408 e. The van der Waals surface area contributed by atoms with Gasteiger partial charge in [0.05, 0.1) is 6.33 Å². The quantitative estimate of drug-likeness (QED) is 0.134. The van der Waals surface area contributed by atoms with E-state index in [0.29, 0.717) is 10.5 Å². The number of nitrogens with zero attached hydrogens (tertiary/aromatic N) is 4. The van der Waals surface area contributed by atoms with Gasteiger partial charge in [-0.1, -0.05) is 11.8 Å². The van der Waals surface area contributed by atoms with Gasteiger partial charge in [-0.05, 0) is 27.7 Å². The summed E-state index contributed by atoms with van der Waals surface area (Å²) in [5, 5.41) is 2.76. The van der Waals surface area contributed by atoms with Crippen LogP contribution in [0.3, 0.4) is 0 Å². The summed E-state index contributed by atoms with van der Waals surface area (Å²) in [6.45, 7) is 9.88. The van der Waals surface area contributed by atoms with E-state index in [0.717, 1.165) is 11.8 Å². The second-order valence-electron chi connectivity index (χ2n) is 10.1. The van der Waals surface area contributed by atoms with Crippen molar-refractivity contribution >= 4 is 52.9 Å². The van der Waals surface area contributed by atoms with E-state index in [1.54, 1.807) is 20.8 Å². The number of thioether (sulfide) groups is 1. The lowest BCUT2D eigenvalue weighted by Gasteiger charge is -2.23. The average molecular weight is 612 g/mol. The lowest BCUT2D eigenvalue weighted by atomic mass is 10.1. The minimum atomic E-state index is -1.13. The summed E-state index contributed by atoms with van der Waals surface area (Å²) in [6, 6.07) is -0.965. The predicted octanol–water partition coefficient (Wildman–Crippen LogP) is 1.66. The number of hydrogen-bond donors (Lipinski definition) is 1. The van der Waals surface area contributed by atoms with Gasteiger partial charge in [0.1, 0.15) is 47.2 Å². The Morgan fingerprint density at radius 3 is 2.29 bits per heavy atom. The molecule has 0 bridgehead atoms. The topological polar surface area (TPSA) is 196 Å². The Balaban J connectivity index is 1.76. The maximum absolute atomic E-state index is 12.3. The highest BCUT2D eigenvalue weighted by Crippen LogP contribution is 2.36. The molecule has 1 aliphatic rings. The van der Waals surface area contributed by atoms with E-state index in [4.69, 9.17) is 28.4 Å². The highest BCUT2D eigenvalue weighted by molar-refractivity contribution is 7.99. The summed E-state index contributed by atoms with van der Waals surface area (Å²) in [4.78, 5) is 72.3.